The number of fused-ring (bicyclic) bond motifs is 1. The van der Waals surface area contributed by atoms with Crippen LogP contribution in [0.4, 0.5) is 0 Å². The van der Waals surface area contributed by atoms with Gasteiger partial charge < -0.3 is 9.72 Å². The molecule has 29 heavy (non-hydrogen) atoms. The third-order valence-electron chi connectivity index (χ3n) is 4.65. The van der Waals surface area contributed by atoms with Crippen LogP contribution in [0.15, 0.2) is 60.8 Å². The van der Waals surface area contributed by atoms with Crippen molar-refractivity contribution in [2.24, 2.45) is 0 Å². The molecule has 0 atom stereocenters. The quantitative estimate of drug-likeness (QED) is 0.482. The number of nitriles is 1. The molecule has 1 N–H and O–H groups in total. The summed E-state index contributed by atoms with van der Waals surface area (Å²) in [6.45, 7) is 4.43. The monoisotopic (exact) mass is 380 g/mol. The highest BCUT2D eigenvalue weighted by Crippen LogP contribution is 2.28. The summed E-state index contributed by atoms with van der Waals surface area (Å²) in [5.41, 5.74) is 6.07. The lowest BCUT2D eigenvalue weighted by Crippen LogP contribution is -2.01. The number of aryl methyl sites for hydroxylation is 2. The molecule has 2 heterocycles. The first-order chi connectivity index (χ1) is 14.1. The van der Waals surface area contributed by atoms with E-state index in [1.807, 2.05) is 74.5 Å². The Labute approximate surface area is 169 Å². The van der Waals surface area contributed by atoms with E-state index in [0.717, 1.165) is 39.2 Å². The summed E-state index contributed by atoms with van der Waals surface area (Å²) < 4.78 is 6.00. The molecule has 0 unspecified atom stereocenters. The van der Waals surface area contributed by atoms with Gasteiger partial charge in [0.25, 0.3) is 0 Å². The molecule has 5 heteroatoms. The largest absolute Gasteiger partial charge is 0.487 e. The minimum atomic E-state index is 0.417. The average Bonchev–Trinajstić information content (AvgIpc) is 3.16. The highest BCUT2D eigenvalue weighted by atomic mass is 16.5. The maximum Gasteiger partial charge on any atom is 0.149 e. The summed E-state index contributed by atoms with van der Waals surface area (Å²) >= 11 is 0. The number of para-hydroxylation sites is 2. The molecule has 2 aromatic heterocycles. The Balaban J connectivity index is 1.61. The second kappa shape index (κ2) is 7.99. The number of allylic oxidation sites excluding steroid dienone is 1. The number of rotatable bonds is 5. The van der Waals surface area contributed by atoms with E-state index in [4.69, 9.17) is 4.74 Å². The number of nitrogens with one attached hydrogen (secondary N) is 1. The molecule has 4 rings (SSSR count). The van der Waals surface area contributed by atoms with Crippen molar-refractivity contribution < 1.29 is 4.74 Å². The second-order valence-electron chi connectivity index (χ2n) is 6.87. The van der Waals surface area contributed by atoms with Gasteiger partial charge in [-0.25, -0.2) is 4.98 Å². The molecule has 0 fully saturated rings. The van der Waals surface area contributed by atoms with Crippen LogP contribution in [-0.2, 0) is 6.61 Å². The van der Waals surface area contributed by atoms with E-state index in [-0.39, 0.29) is 0 Å². The molecule has 2 aromatic carbocycles. The maximum atomic E-state index is 9.66. The van der Waals surface area contributed by atoms with Crippen LogP contribution in [0.1, 0.15) is 28.2 Å². The number of imidazole rings is 1. The van der Waals surface area contributed by atoms with Crippen LogP contribution in [0, 0.1) is 25.2 Å². The van der Waals surface area contributed by atoms with E-state index < -0.39 is 0 Å². The standard InChI is InChI=1S/C24H20N4O/c1-16-11-18(12-17(2)23(16)29-15-20-7-5-6-10-26-20)13-19(14-25)24-27-21-8-3-4-9-22(21)28-24/h3-13H,15H2,1-2H3,(H,27,28). The van der Waals surface area contributed by atoms with Crippen LogP contribution >= 0.6 is 0 Å². The van der Waals surface area contributed by atoms with Gasteiger partial charge in [0.2, 0.25) is 0 Å². The zero-order chi connectivity index (χ0) is 20.2. The Morgan fingerprint density at radius 3 is 2.55 bits per heavy atom. The Hall–Kier alpha value is -3.91. The van der Waals surface area contributed by atoms with Gasteiger partial charge in [0.15, 0.2) is 0 Å². The predicted octanol–water partition coefficient (Wildman–Crippen LogP) is 5.22. The lowest BCUT2D eigenvalue weighted by Gasteiger charge is -2.13. The smallest absolute Gasteiger partial charge is 0.149 e. The van der Waals surface area contributed by atoms with E-state index in [1.165, 1.54) is 0 Å². The topological polar surface area (TPSA) is 74.6 Å². The third-order valence-corrected chi connectivity index (χ3v) is 4.65. The SMILES string of the molecule is Cc1cc(C=C(C#N)c2nc3ccccc3[nH]2)cc(C)c1OCc1ccccn1. The number of aromatic nitrogens is 3. The van der Waals surface area contributed by atoms with Gasteiger partial charge in [0, 0.05) is 6.20 Å². The lowest BCUT2D eigenvalue weighted by molar-refractivity contribution is 0.297. The van der Waals surface area contributed by atoms with Crippen LogP contribution in [-0.4, -0.2) is 15.0 Å². The van der Waals surface area contributed by atoms with E-state index in [2.05, 4.69) is 21.0 Å². The van der Waals surface area contributed by atoms with Crippen molar-refractivity contribution in [3.8, 4) is 11.8 Å². The molecule has 0 radical (unpaired) electrons. The molecule has 0 amide bonds. The number of H-pyrrole nitrogens is 1. The Bertz CT molecular complexity index is 1180. The predicted molar refractivity (Wildman–Crippen MR) is 114 cm³/mol. The first-order valence-electron chi connectivity index (χ1n) is 9.35. The number of hydrogen-bond donors (Lipinski definition) is 1. The van der Waals surface area contributed by atoms with Gasteiger partial charge in [-0.15, -0.1) is 0 Å². The molecule has 0 saturated carbocycles. The number of nitrogens with zero attached hydrogens (tertiary/aromatic N) is 3. The fourth-order valence-corrected chi connectivity index (χ4v) is 3.32. The summed E-state index contributed by atoms with van der Waals surface area (Å²) in [4.78, 5) is 12.0. The van der Waals surface area contributed by atoms with E-state index in [9.17, 15) is 5.26 Å². The van der Waals surface area contributed by atoms with E-state index in [1.54, 1.807) is 6.20 Å². The Morgan fingerprint density at radius 2 is 1.86 bits per heavy atom. The molecule has 0 aliphatic rings. The summed E-state index contributed by atoms with van der Waals surface area (Å²) in [7, 11) is 0. The molecule has 5 nitrogen and oxygen atoms in total. The lowest BCUT2D eigenvalue weighted by atomic mass is 10.0. The second-order valence-corrected chi connectivity index (χ2v) is 6.87. The van der Waals surface area contributed by atoms with Crippen molar-refractivity contribution in [3.05, 3.63) is 89.0 Å². The van der Waals surface area contributed by atoms with Crippen LogP contribution in [0.5, 0.6) is 5.75 Å². The highest BCUT2D eigenvalue weighted by Gasteiger charge is 2.10. The molecule has 0 bridgehead atoms. The van der Waals surface area contributed by atoms with Gasteiger partial charge in [-0.1, -0.05) is 18.2 Å². The van der Waals surface area contributed by atoms with Gasteiger partial charge in [-0.2, -0.15) is 5.26 Å². The Morgan fingerprint density at radius 1 is 1.10 bits per heavy atom. The van der Waals surface area contributed by atoms with Crippen LogP contribution in [0.25, 0.3) is 22.7 Å². The minimum Gasteiger partial charge on any atom is -0.487 e. The molecule has 0 spiro atoms. The molecule has 142 valence electrons. The molecule has 0 saturated heterocycles. The first kappa shape index (κ1) is 18.5. The van der Waals surface area contributed by atoms with Crippen LogP contribution in [0.3, 0.4) is 0 Å². The fourth-order valence-electron chi connectivity index (χ4n) is 3.32. The normalized spacial score (nSPS) is 11.4. The first-order valence-corrected chi connectivity index (χ1v) is 9.35. The van der Waals surface area contributed by atoms with Crippen molar-refractivity contribution in [1.82, 2.24) is 15.0 Å². The van der Waals surface area contributed by atoms with E-state index >= 15 is 0 Å². The molecule has 0 aliphatic heterocycles. The summed E-state index contributed by atoms with van der Waals surface area (Å²) in [5, 5.41) is 9.66. The Kier molecular flexibility index (Phi) is 5.08. The van der Waals surface area contributed by atoms with Crippen molar-refractivity contribution in [3.63, 3.8) is 0 Å². The van der Waals surface area contributed by atoms with E-state index in [0.29, 0.717) is 18.0 Å². The average molecular weight is 380 g/mol. The van der Waals surface area contributed by atoms with Crippen LogP contribution < -0.4 is 4.74 Å². The number of benzene rings is 2. The zero-order valence-electron chi connectivity index (χ0n) is 16.3. The van der Waals surface area contributed by atoms with Gasteiger partial charge >= 0.3 is 0 Å². The van der Waals surface area contributed by atoms with Gasteiger partial charge in [-0.3, -0.25) is 4.98 Å². The summed E-state index contributed by atoms with van der Waals surface area (Å²) in [6.07, 6.45) is 3.61. The number of pyridine rings is 1. The molecule has 4 aromatic rings. The number of aromatic amines is 1. The molecular weight excluding hydrogens is 360 g/mol. The van der Waals surface area contributed by atoms with Gasteiger partial charge in [0.1, 0.15) is 24.3 Å². The number of ether oxygens (including phenoxy) is 1. The third kappa shape index (κ3) is 4.02. The van der Waals surface area contributed by atoms with Crippen molar-refractivity contribution >= 4 is 22.7 Å². The molecule has 0 aliphatic carbocycles. The minimum absolute atomic E-state index is 0.417. The summed E-state index contributed by atoms with van der Waals surface area (Å²) in [5.74, 6) is 1.41. The van der Waals surface area contributed by atoms with Crippen LogP contribution in [0.2, 0.25) is 0 Å². The zero-order valence-corrected chi connectivity index (χ0v) is 16.3. The van der Waals surface area contributed by atoms with Gasteiger partial charge in [-0.05, 0) is 73.0 Å². The van der Waals surface area contributed by atoms with Gasteiger partial charge in [0.05, 0.1) is 22.3 Å². The fraction of sp³-hybridized carbons (Fsp3) is 0.125. The number of hydrogen-bond acceptors (Lipinski definition) is 4. The van der Waals surface area contributed by atoms with Crippen molar-refractivity contribution in [2.75, 3.05) is 0 Å². The summed E-state index contributed by atoms with van der Waals surface area (Å²) in [6, 6.07) is 19.8. The van der Waals surface area contributed by atoms with Crippen molar-refractivity contribution in [2.45, 2.75) is 20.5 Å². The highest BCUT2D eigenvalue weighted by molar-refractivity contribution is 5.90. The maximum absolute atomic E-state index is 9.66. The molecular formula is C24H20N4O. The van der Waals surface area contributed by atoms with Crippen molar-refractivity contribution in [1.29, 1.82) is 5.26 Å².